The van der Waals surface area contributed by atoms with Crippen LogP contribution in [0.2, 0.25) is 0 Å². The van der Waals surface area contributed by atoms with E-state index in [9.17, 15) is 4.79 Å². The molecule has 0 radical (unpaired) electrons. The zero-order valence-corrected chi connectivity index (χ0v) is 16.6. The Bertz CT molecular complexity index is 754. The Morgan fingerprint density at radius 2 is 2.04 bits per heavy atom. The molecule has 1 aliphatic carbocycles. The SMILES string of the molecule is CCN(C(=O)CSc1nnnn1-c1cc(C)ccc1C)C1CCCCC1. The van der Waals surface area contributed by atoms with Crippen molar-refractivity contribution in [3.8, 4) is 5.69 Å². The van der Waals surface area contributed by atoms with E-state index in [1.54, 1.807) is 4.68 Å². The molecule has 0 aliphatic heterocycles. The summed E-state index contributed by atoms with van der Waals surface area (Å²) in [6.07, 6.45) is 6.01. The van der Waals surface area contributed by atoms with Gasteiger partial charge in [0.15, 0.2) is 0 Å². The monoisotopic (exact) mass is 373 g/mol. The fourth-order valence-corrected chi connectivity index (χ4v) is 4.38. The molecule has 1 aromatic carbocycles. The number of amides is 1. The van der Waals surface area contributed by atoms with Crippen LogP contribution in [0, 0.1) is 13.8 Å². The number of carbonyl (C=O) groups is 1. The predicted molar refractivity (Wildman–Crippen MR) is 104 cm³/mol. The van der Waals surface area contributed by atoms with Crippen molar-refractivity contribution in [1.29, 1.82) is 0 Å². The second-order valence-electron chi connectivity index (χ2n) is 6.92. The molecule has 0 saturated heterocycles. The summed E-state index contributed by atoms with van der Waals surface area (Å²) in [7, 11) is 0. The molecular formula is C19H27N5OS. The van der Waals surface area contributed by atoms with Crippen LogP contribution in [0.3, 0.4) is 0 Å². The number of rotatable bonds is 6. The molecule has 1 fully saturated rings. The first-order valence-electron chi connectivity index (χ1n) is 9.38. The molecule has 0 N–H and O–H groups in total. The molecule has 0 unspecified atom stereocenters. The minimum atomic E-state index is 0.180. The van der Waals surface area contributed by atoms with Crippen LogP contribution < -0.4 is 0 Å². The van der Waals surface area contributed by atoms with E-state index in [1.165, 1.54) is 31.0 Å². The molecule has 1 aliphatic rings. The second kappa shape index (κ2) is 8.66. The molecule has 2 aromatic rings. The zero-order valence-electron chi connectivity index (χ0n) is 15.8. The van der Waals surface area contributed by atoms with E-state index in [1.807, 2.05) is 18.7 Å². The van der Waals surface area contributed by atoms with Gasteiger partial charge in [0.05, 0.1) is 11.4 Å². The summed E-state index contributed by atoms with van der Waals surface area (Å²) in [6, 6.07) is 6.60. The van der Waals surface area contributed by atoms with Gasteiger partial charge in [0.1, 0.15) is 0 Å². The number of aryl methyl sites for hydroxylation is 2. The lowest BCUT2D eigenvalue weighted by atomic mass is 9.94. The van der Waals surface area contributed by atoms with Crippen molar-refractivity contribution in [3.05, 3.63) is 29.3 Å². The molecule has 26 heavy (non-hydrogen) atoms. The minimum absolute atomic E-state index is 0.180. The molecular weight excluding hydrogens is 346 g/mol. The van der Waals surface area contributed by atoms with E-state index in [0.29, 0.717) is 17.0 Å². The number of hydrogen-bond donors (Lipinski definition) is 0. The minimum Gasteiger partial charge on any atom is -0.339 e. The van der Waals surface area contributed by atoms with Gasteiger partial charge in [0.25, 0.3) is 0 Å². The van der Waals surface area contributed by atoms with Gasteiger partial charge in [0.2, 0.25) is 11.1 Å². The average molecular weight is 374 g/mol. The molecule has 1 heterocycles. The maximum absolute atomic E-state index is 12.8. The van der Waals surface area contributed by atoms with E-state index in [4.69, 9.17) is 0 Å². The number of nitrogens with zero attached hydrogens (tertiary/aromatic N) is 5. The van der Waals surface area contributed by atoms with E-state index in [-0.39, 0.29) is 5.91 Å². The zero-order chi connectivity index (χ0) is 18.5. The maximum Gasteiger partial charge on any atom is 0.233 e. The summed E-state index contributed by atoms with van der Waals surface area (Å²) in [5, 5.41) is 12.7. The molecule has 0 spiro atoms. The first kappa shape index (κ1) is 18.9. The lowest BCUT2D eigenvalue weighted by Gasteiger charge is -2.33. The summed E-state index contributed by atoms with van der Waals surface area (Å²) in [5.41, 5.74) is 3.22. The van der Waals surface area contributed by atoms with Gasteiger partial charge in [-0.2, -0.15) is 4.68 Å². The number of hydrogen-bond acceptors (Lipinski definition) is 5. The molecule has 0 bridgehead atoms. The fourth-order valence-electron chi connectivity index (χ4n) is 3.61. The number of tetrazole rings is 1. The Kier molecular flexibility index (Phi) is 6.29. The number of thioether (sulfide) groups is 1. The largest absolute Gasteiger partial charge is 0.339 e. The van der Waals surface area contributed by atoms with Crippen LogP contribution in [0.1, 0.15) is 50.2 Å². The topological polar surface area (TPSA) is 63.9 Å². The number of benzene rings is 1. The van der Waals surface area contributed by atoms with Crippen LogP contribution in [0.5, 0.6) is 0 Å². The molecule has 6 nitrogen and oxygen atoms in total. The first-order chi connectivity index (χ1) is 12.6. The van der Waals surface area contributed by atoms with Crippen molar-refractivity contribution in [1.82, 2.24) is 25.1 Å². The van der Waals surface area contributed by atoms with Crippen molar-refractivity contribution >= 4 is 17.7 Å². The van der Waals surface area contributed by atoms with Crippen LogP contribution in [0.4, 0.5) is 0 Å². The first-order valence-corrected chi connectivity index (χ1v) is 10.4. The quantitative estimate of drug-likeness (QED) is 0.725. The lowest BCUT2D eigenvalue weighted by molar-refractivity contribution is -0.131. The van der Waals surface area contributed by atoms with Gasteiger partial charge in [-0.3, -0.25) is 4.79 Å². The molecule has 7 heteroatoms. The highest BCUT2D eigenvalue weighted by atomic mass is 32.2. The summed E-state index contributed by atoms with van der Waals surface area (Å²) < 4.78 is 1.73. The van der Waals surface area contributed by atoms with Gasteiger partial charge >= 0.3 is 0 Å². The molecule has 1 amide bonds. The Labute approximate surface area is 159 Å². The van der Waals surface area contributed by atoms with Gasteiger partial charge in [-0.25, -0.2) is 0 Å². The van der Waals surface area contributed by atoms with E-state index < -0.39 is 0 Å². The van der Waals surface area contributed by atoms with Crippen molar-refractivity contribution in [2.45, 2.75) is 64.1 Å². The second-order valence-corrected chi connectivity index (χ2v) is 7.87. The summed E-state index contributed by atoms with van der Waals surface area (Å²) in [5.74, 6) is 0.551. The van der Waals surface area contributed by atoms with Crippen molar-refractivity contribution in [2.75, 3.05) is 12.3 Å². The highest BCUT2D eigenvalue weighted by Crippen LogP contribution is 2.25. The Morgan fingerprint density at radius 3 is 2.77 bits per heavy atom. The summed E-state index contributed by atoms with van der Waals surface area (Å²) in [6.45, 7) is 6.92. The van der Waals surface area contributed by atoms with Crippen LogP contribution >= 0.6 is 11.8 Å². The van der Waals surface area contributed by atoms with E-state index in [0.717, 1.165) is 36.2 Å². The molecule has 0 atom stereocenters. The average Bonchev–Trinajstić information content (AvgIpc) is 3.12. The molecule has 1 saturated carbocycles. The Balaban J connectivity index is 1.69. The third-order valence-electron chi connectivity index (χ3n) is 5.03. The molecule has 3 rings (SSSR count). The summed E-state index contributed by atoms with van der Waals surface area (Å²) >= 11 is 1.41. The number of carbonyl (C=O) groups excluding carboxylic acids is 1. The van der Waals surface area contributed by atoms with Crippen LogP contribution in [-0.2, 0) is 4.79 Å². The Morgan fingerprint density at radius 1 is 1.27 bits per heavy atom. The lowest BCUT2D eigenvalue weighted by Crippen LogP contribution is -2.42. The van der Waals surface area contributed by atoms with Crippen molar-refractivity contribution < 1.29 is 4.79 Å². The van der Waals surface area contributed by atoms with Crippen molar-refractivity contribution in [2.24, 2.45) is 0 Å². The van der Waals surface area contributed by atoms with Gasteiger partial charge in [-0.1, -0.05) is 43.2 Å². The van der Waals surface area contributed by atoms with Gasteiger partial charge in [-0.15, -0.1) is 5.10 Å². The van der Waals surface area contributed by atoms with Gasteiger partial charge < -0.3 is 4.90 Å². The normalized spacial score (nSPS) is 15.2. The van der Waals surface area contributed by atoms with Crippen LogP contribution in [0.25, 0.3) is 5.69 Å². The maximum atomic E-state index is 12.8. The molecule has 140 valence electrons. The van der Waals surface area contributed by atoms with Gasteiger partial charge in [-0.05, 0) is 61.2 Å². The Hall–Kier alpha value is -1.89. The van der Waals surface area contributed by atoms with Crippen LogP contribution in [-0.4, -0.2) is 49.4 Å². The predicted octanol–water partition coefficient (Wildman–Crippen LogP) is 3.55. The standard InChI is InChI=1S/C19H27N5OS/c1-4-23(16-8-6-5-7-9-16)18(25)13-26-19-20-21-22-24(19)17-12-14(2)10-11-15(17)3/h10-12,16H,4-9,13H2,1-3H3. The third-order valence-corrected chi connectivity index (χ3v) is 5.94. The number of aromatic nitrogens is 4. The highest BCUT2D eigenvalue weighted by Gasteiger charge is 2.24. The van der Waals surface area contributed by atoms with E-state index >= 15 is 0 Å². The third kappa shape index (κ3) is 4.26. The highest BCUT2D eigenvalue weighted by molar-refractivity contribution is 7.99. The molecule has 1 aromatic heterocycles. The van der Waals surface area contributed by atoms with E-state index in [2.05, 4.69) is 40.6 Å². The summed E-state index contributed by atoms with van der Waals surface area (Å²) in [4.78, 5) is 14.8. The van der Waals surface area contributed by atoms with Gasteiger partial charge in [0, 0.05) is 12.6 Å². The fraction of sp³-hybridized carbons (Fsp3) is 0.579. The smallest absolute Gasteiger partial charge is 0.233 e. The van der Waals surface area contributed by atoms with Crippen LogP contribution in [0.15, 0.2) is 23.4 Å². The van der Waals surface area contributed by atoms with Crippen molar-refractivity contribution in [3.63, 3.8) is 0 Å².